The molecule has 0 aliphatic rings. The Morgan fingerprint density at radius 2 is 1.75 bits per heavy atom. The number of rotatable bonds is 6. The van der Waals surface area contributed by atoms with Gasteiger partial charge in [0.1, 0.15) is 17.9 Å². The summed E-state index contributed by atoms with van der Waals surface area (Å²) >= 11 is 0. The summed E-state index contributed by atoms with van der Waals surface area (Å²) < 4.78 is 10.2. The van der Waals surface area contributed by atoms with Crippen LogP contribution in [0.2, 0.25) is 0 Å². The number of hydrogen-bond donors (Lipinski definition) is 0. The van der Waals surface area contributed by atoms with Crippen molar-refractivity contribution in [3.8, 4) is 11.8 Å². The Hall–Kier alpha value is -3.33. The first kappa shape index (κ1) is 17.0. The predicted molar refractivity (Wildman–Crippen MR) is 87.7 cm³/mol. The van der Waals surface area contributed by atoms with E-state index in [2.05, 4.69) is 0 Å². The quantitative estimate of drug-likeness (QED) is 0.602. The van der Waals surface area contributed by atoms with E-state index in [0.717, 1.165) is 0 Å². The molecular formula is C18H16N2O4. The fourth-order valence-corrected chi connectivity index (χ4v) is 2.10. The van der Waals surface area contributed by atoms with Gasteiger partial charge >= 0.3 is 5.97 Å². The Morgan fingerprint density at radius 1 is 1.08 bits per heavy atom. The number of esters is 1. The summed E-state index contributed by atoms with van der Waals surface area (Å²) in [5.74, 6) is -0.774. The van der Waals surface area contributed by atoms with Crippen LogP contribution in [0.15, 0.2) is 54.6 Å². The van der Waals surface area contributed by atoms with Crippen molar-refractivity contribution in [2.75, 3.05) is 25.2 Å². The highest BCUT2D eigenvalue weighted by Gasteiger charge is 2.19. The summed E-state index contributed by atoms with van der Waals surface area (Å²) in [6.45, 7) is -0.595. The number of ether oxygens (including phenoxy) is 2. The lowest BCUT2D eigenvalue weighted by Gasteiger charge is -2.19. The van der Waals surface area contributed by atoms with Gasteiger partial charge in [-0.1, -0.05) is 30.3 Å². The second-order valence-electron chi connectivity index (χ2n) is 4.75. The van der Waals surface area contributed by atoms with Gasteiger partial charge in [0, 0.05) is 5.69 Å². The molecule has 6 heteroatoms. The van der Waals surface area contributed by atoms with Crippen molar-refractivity contribution in [3.05, 3.63) is 60.2 Å². The smallest absolute Gasteiger partial charge is 0.342 e. The van der Waals surface area contributed by atoms with Crippen LogP contribution < -0.4 is 9.64 Å². The highest BCUT2D eigenvalue weighted by molar-refractivity contribution is 5.98. The molecule has 0 radical (unpaired) electrons. The summed E-state index contributed by atoms with van der Waals surface area (Å²) in [5.41, 5.74) is 0.803. The molecule has 2 aromatic carbocycles. The minimum atomic E-state index is -0.661. The fraction of sp³-hybridized carbons (Fsp3) is 0.167. The number of methoxy groups -OCH3 is 1. The van der Waals surface area contributed by atoms with Crippen LogP contribution in [-0.4, -0.2) is 32.1 Å². The third-order valence-corrected chi connectivity index (χ3v) is 3.25. The number of carbonyl (C=O) groups excluding carboxylic acids is 2. The van der Waals surface area contributed by atoms with Crippen LogP contribution in [-0.2, 0) is 9.53 Å². The van der Waals surface area contributed by atoms with E-state index in [4.69, 9.17) is 14.7 Å². The van der Waals surface area contributed by atoms with Crippen LogP contribution >= 0.6 is 0 Å². The normalized spacial score (nSPS) is 9.67. The Balaban J connectivity index is 2.05. The van der Waals surface area contributed by atoms with Crippen LogP contribution in [0.4, 0.5) is 5.69 Å². The van der Waals surface area contributed by atoms with Gasteiger partial charge in [-0.25, -0.2) is 4.79 Å². The molecular weight excluding hydrogens is 308 g/mol. The lowest BCUT2D eigenvalue weighted by atomic mass is 10.2. The van der Waals surface area contributed by atoms with Crippen LogP contribution in [0.5, 0.6) is 5.75 Å². The highest BCUT2D eigenvalue weighted by atomic mass is 16.5. The molecule has 0 aliphatic carbocycles. The molecule has 0 N–H and O–H groups in total. The first-order chi connectivity index (χ1) is 11.7. The molecule has 1 amide bonds. The Labute approximate surface area is 139 Å². The zero-order valence-electron chi connectivity index (χ0n) is 13.1. The molecule has 0 atom stereocenters. The van der Waals surface area contributed by atoms with E-state index in [1.165, 1.54) is 12.0 Å². The molecule has 0 spiro atoms. The molecule has 6 nitrogen and oxygen atoms in total. The van der Waals surface area contributed by atoms with Crippen molar-refractivity contribution in [2.24, 2.45) is 0 Å². The average Bonchev–Trinajstić information content (AvgIpc) is 2.64. The fourth-order valence-electron chi connectivity index (χ4n) is 2.10. The summed E-state index contributed by atoms with van der Waals surface area (Å²) in [7, 11) is 1.45. The number of hydrogen-bond acceptors (Lipinski definition) is 5. The van der Waals surface area contributed by atoms with Gasteiger partial charge in [0.15, 0.2) is 6.61 Å². The third-order valence-electron chi connectivity index (χ3n) is 3.25. The topological polar surface area (TPSA) is 79.6 Å². The van der Waals surface area contributed by atoms with Crippen molar-refractivity contribution in [1.29, 1.82) is 5.26 Å². The molecule has 2 rings (SSSR count). The van der Waals surface area contributed by atoms with E-state index >= 15 is 0 Å². The number of benzene rings is 2. The molecule has 2 aromatic rings. The average molecular weight is 324 g/mol. The third kappa shape index (κ3) is 4.11. The largest absolute Gasteiger partial charge is 0.496 e. The minimum Gasteiger partial charge on any atom is -0.496 e. The monoisotopic (exact) mass is 324 g/mol. The summed E-state index contributed by atoms with van der Waals surface area (Å²) in [5, 5.41) is 8.90. The number of amides is 1. The van der Waals surface area contributed by atoms with Crippen molar-refractivity contribution >= 4 is 17.6 Å². The van der Waals surface area contributed by atoms with Gasteiger partial charge in [-0.2, -0.15) is 5.26 Å². The molecule has 0 aromatic heterocycles. The zero-order valence-corrected chi connectivity index (χ0v) is 13.1. The zero-order chi connectivity index (χ0) is 17.4. The van der Waals surface area contributed by atoms with E-state index < -0.39 is 18.5 Å². The number of carbonyl (C=O) groups is 2. The molecule has 24 heavy (non-hydrogen) atoms. The van der Waals surface area contributed by atoms with Crippen molar-refractivity contribution in [2.45, 2.75) is 0 Å². The standard InChI is InChI=1S/C18H16N2O4/c1-23-16-10-6-5-9-15(16)18(22)24-13-17(21)20(12-11-19)14-7-3-2-4-8-14/h2-10H,12-13H2,1H3. The van der Waals surface area contributed by atoms with Crippen molar-refractivity contribution in [3.63, 3.8) is 0 Å². The second kappa shape index (κ2) is 8.34. The number of para-hydroxylation sites is 2. The van der Waals surface area contributed by atoms with Crippen LogP contribution in [0.3, 0.4) is 0 Å². The van der Waals surface area contributed by atoms with Gasteiger partial charge in [0.05, 0.1) is 13.2 Å². The van der Waals surface area contributed by atoms with Crippen molar-refractivity contribution in [1.82, 2.24) is 0 Å². The van der Waals surface area contributed by atoms with Crippen LogP contribution in [0.25, 0.3) is 0 Å². The van der Waals surface area contributed by atoms with E-state index in [-0.39, 0.29) is 12.1 Å². The van der Waals surface area contributed by atoms with Gasteiger partial charge in [-0.05, 0) is 24.3 Å². The van der Waals surface area contributed by atoms with Gasteiger partial charge in [0.2, 0.25) is 0 Å². The molecule has 0 saturated carbocycles. The summed E-state index contributed by atoms with van der Waals surface area (Å²) in [6, 6.07) is 17.2. The lowest BCUT2D eigenvalue weighted by molar-refractivity contribution is -0.121. The molecule has 122 valence electrons. The molecule has 0 fully saturated rings. The molecule has 0 heterocycles. The summed E-state index contributed by atoms with van der Waals surface area (Å²) in [4.78, 5) is 25.7. The van der Waals surface area contributed by atoms with E-state index in [1.54, 1.807) is 54.6 Å². The van der Waals surface area contributed by atoms with E-state index in [0.29, 0.717) is 11.4 Å². The molecule has 0 aliphatic heterocycles. The van der Waals surface area contributed by atoms with Crippen LogP contribution in [0.1, 0.15) is 10.4 Å². The predicted octanol–water partition coefficient (Wildman–Crippen LogP) is 2.41. The first-order valence-corrected chi connectivity index (χ1v) is 7.20. The van der Waals surface area contributed by atoms with E-state index in [9.17, 15) is 9.59 Å². The maximum atomic E-state index is 12.3. The van der Waals surface area contributed by atoms with Gasteiger partial charge in [-0.15, -0.1) is 0 Å². The molecule has 0 saturated heterocycles. The Bertz CT molecular complexity index is 753. The van der Waals surface area contributed by atoms with Crippen molar-refractivity contribution < 1.29 is 19.1 Å². The Kier molecular flexibility index (Phi) is 5.92. The Morgan fingerprint density at radius 3 is 2.42 bits per heavy atom. The maximum Gasteiger partial charge on any atom is 0.342 e. The van der Waals surface area contributed by atoms with Crippen LogP contribution in [0, 0.1) is 11.3 Å². The SMILES string of the molecule is COc1ccccc1C(=O)OCC(=O)N(CC#N)c1ccccc1. The summed E-state index contributed by atoms with van der Waals surface area (Å²) in [6.07, 6.45) is 0. The van der Waals surface area contributed by atoms with E-state index in [1.807, 2.05) is 6.07 Å². The highest BCUT2D eigenvalue weighted by Crippen LogP contribution is 2.18. The maximum absolute atomic E-state index is 12.3. The molecule has 0 unspecified atom stereocenters. The number of nitrogens with zero attached hydrogens (tertiary/aromatic N) is 2. The molecule has 0 bridgehead atoms. The van der Waals surface area contributed by atoms with Gasteiger partial charge in [0.25, 0.3) is 5.91 Å². The lowest BCUT2D eigenvalue weighted by Crippen LogP contribution is -2.35. The minimum absolute atomic E-state index is 0.130. The van der Waals surface area contributed by atoms with Gasteiger partial charge in [-0.3, -0.25) is 9.69 Å². The second-order valence-corrected chi connectivity index (χ2v) is 4.75. The number of anilines is 1. The number of nitriles is 1. The first-order valence-electron chi connectivity index (χ1n) is 7.20. The van der Waals surface area contributed by atoms with Gasteiger partial charge < -0.3 is 9.47 Å².